The van der Waals surface area contributed by atoms with Crippen molar-refractivity contribution in [2.45, 2.75) is 32.1 Å². The lowest BCUT2D eigenvalue weighted by atomic mass is 10.2. The molecule has 0 unspecified atom stereocenters. The van der Waals surface area contributed by atoms with Crippen LogP contribution in [0.15, 0.2) is 48.5 Å². The molecule has 0 aromatic heterocycles. The molecule has 4 heteroatoms. The van der Waals surface area contributed by atoms with E-state index in [-0.39, 0.29) is 0 Å². The second-order valence-corrected chi connectivity index (χ2v) is 5.72. The summed E-state index contributed by atoms with van der Waals surface area (Å²) in [6, 6.07) is 19.6. The zero-order valence-electron chi connectivity index (χ0n) is 14.3. The SMILES string of the molecule is N#CCc1ccc(OCCCCCOc2ccc(CC#N)cc2)cc1. The molecule has 0 bridgehead atoms. The molecule has 4 nitrogen and oxygen atoms in total. The van der Waals surface area contributed by atoms with Crippen molar-refractivity contribution in [1.82, 2.24) is 0 Å². The highest BCUT2D eigenvalue weighted by Crippen LogP contribution is 2.14. The molecule has 0 saturated carbocycles. The maximum Gasteiger partial charge on any atom is 0.119 e. The van der Waals surface area contributed by atoms with Crippen LogP contribution in [0.3, 0.4) is 0 Å². The van der Waals surface area contributed by atoms with Crippen molar-refractivity contribution in [3.63, 3.8) is 0 Å². The minimum atomic E-state index is 0.432. The Labute approximate surface area is 149 Å². The number of hydrogen-bond acceptors (Lipinski definition) is 4. The highest BCUT2D eigenvalue weighted by Gasteiger charge is 1.98. The number of unbranched alkanes of at least 4 members (excludes halogenated alkanes) is 2. The molecule has 0 amide bonds. The molecule has 0 saturated heterocycles. The van der Waals surface area contributed by atoms with Gasteiger partial charge in [0.15, 0.2) is 0 Å². The molecule has 2 aromatic rings. The van der Waals surface area contributed by atoms with Gasteiger partial charge in [0.2, 0.25) is 0 Å². The lowest BCUT2D eigenvalue weighted by Gasteiger charge is -2.08. The average molecular weight is 334 g/mol. The van der Waals surface area contributed by atoms with Gasteiger partial charge in [-0.05, 0) is 54.7 Å². The molecule has 25 heavy (non-hydrogen) atoms. The Morgan fingerprint density at radius 2 is 1.00 bits per heavy atom. The minimum Gasteiger partial charge on any atom is -0.494 e. The van der Waals surface area contributed by atoms with Crippen molar-refractivity contribution in [2.75, 3.05) is 13.2 Å². The molecule has 0 aliphatic carbocycles. The van der Waals surface area contributed by atoms with Gasteiger partial charge in [0.05, 0.1) is 38.2 Å². The van der Waals surface area contributed by atoms with Crippen LogP contribution in [0.4, 0.5) is 0 Å². The van der Waals surface area contributed by atoms with E-state index in [2.05, 4.69) is 12.1 Å². The first-order chi connectivity index (χ1) is 12.3. The minimum absolute atomic E-state index is 0.432. The average Bonchev–Trinajstić information content (AvgIpc) is 2.64. The number of nitrogens with zero attached hydrogens (tertiary/aromatic N) is 2. The van der Waals surface area contributed by atoms with E-state index < -0.39 is 0 Å². The number of rotatable bonds is 10. The number of benzene rings is 2. The van der Waals surface area contributed by atoms with Gasteiger partial charge >= 0.3 is 0 Å². The van der Waals surface area contributed by atoms with Gasteiger partial charge in [-0.3, -0.25) is 0 Å². The molecule has 2 aromatic carbocycles. The van der Waals surface area contributed by atoms with E-state index in [1.165, 1.54) is 0 Å². The molecule has 128 valence electrons. The van der Waals surface area contributed by atoms with E-state index in [0.29, 0.717) is 26.1 Å². The van der Waals surface area contributed by atoms with E-state index in [4.69, 9.17) is 20.0 Å². The van der Waals surface area contributed by atoms with Crippen LogP contribution in [0.5, 0.6) is 11.5 Å². The zero-order chi connectivity index (χ0) is 17.7. The second kappa shape index (κ2) is 10.7. The molecule has 0 atom stereocenters. The number of hydrogen-bond donors (Lipinski definition) is 0. The summed E-state index contributed by atoms with van der Waals surface area (Å²) in [6.45, 7) is 1.36. The molecule has 0 aliphatic heterocycles. The summed E-state index contributed by atoms with van der Waals surface area (Å²) in [5, 5.41) is 17.3. The highest BCUT2D eigenvalue weighted by molar-refractivity contribution is 5.29. The van der Waals surface area contributed by atoms with Crippen molar-refractivity contribution in [3.05, 3.63) is 59.7 Å². The van der Waals surface area contributed by atoms with Crippen molar-refractivity contribution in [3.8, 4) is 23.6 Å². The fraction of sp³-hybridized carbons (Fsp3) is 0.333. The summed E-state index contributed by atoms with van der Waals surface area (Å²) in [7, 11) is 0. The highest BCUT2D eigenvalue weighted by atomic mass is 16.5. The lowest BCUT2D eigenvalue weighted by molar-refractivity contribution is 0.279. The Morgan fingerprint density at radius 3 is 1.36 bits per heavy atom. The molecule has 0 N–H and O–H groups in total. The van der Waals surface area contributed by atoms with Crippen LogP contribution in [0.2, 0.25) is 0 Å². The maximum atomic E-state index is 8.64. The predicted molar refractivity (Wildman–Crippen MR) is 96.4 cm³/mol. The van der Waals surface area contributed by atoms with Gasteiger partial charge in [0.25, 0.3) is 0 Å². The van der Waals surface area contributed by atoms with Gasteiger partial charge in [-0.15, -0.1) is 0 Å². The zero-order valence-corrected chi connectivity index (χ0v) is 14.3. The Kier molecular flexibility index (Phi) is 7.88. The molecular formula is C21H22N2O2. The summed E-state index contributed by atoms with van der Waals surface area (Å²) in [6.07, 6.45) is 3.86. The summed E-state index contributed by atoms with van der Waals surface area (Å²) in [5.74, 6) is 1.69. The Bertz CT molecular complexity index is 646. The standard InChI is InChI=1S/C21H22N2O2/c22-14-12-18-4-8-20(9-5-18)24-16-2-1-3-17-25-21-10-6-19(7-11-21)13-15-23/h4-11H,1-3,12-13,16-17H2. The molecule has 0 fully saturated rings. The topological polar surface area (TPSA) is 66.0 Å². The molecule has 0 aliphatic rings. The number of nitriles is 2. The third-order valence-electron chi connectivity index (χ3n) is 3.74. The quantitative estimate of drug-likeness (QED) is 0.602. The third-order valence-corrected chi connectivity index (χ3v) is 3.74. The molecule has 0 spiro atoms. The van der Waals surface area contributed by atoms with Crippen LogP contribution in [-0.4, -0.2) is 13.2 Å². The van der Waals surface area contributed by atoms with Crippen LogP contribution in [0.25, 0.3) is 0 Å². The Balaban J connectivity index is 1.54. The van der Waals surface area contributed by atoms with Crippen LogP contribution in [0, 0.1) is 22.7 Å². The van der Waals surface area contributed by atoms with Crippen molar-refractivity contribution in [2.24, 2.45) is 0 Å². The van der Waals surface area contributed by atoms with Gasteiger partial charge in [-0.1, -0.05) is 24.3 Å². The number of ether oxygens (including phenoxy) is 2. The van der Waals surface area contributed by atoms with E-state index in [1.807, 2.05) is 48.5 Å². The third kappa shape index (κ3) is 6.97. The molecule has 0 heterocycles. The maximum absolute atomic E-state index is 8.64. The fourth-order valence-electron chi connectivity index (χ4n) is 2.35. The second-order valence-electron chi connectivity index (χ2n) is 5.72. The normalized spacial score (nSPS) is 9.84. The molecular weight excluding hydrogens is 312 g/mol. The van der Waals surface area contributed by atoms with E-state index in [9.17, 15) is 0 Å². The van der Waals surface area contributed by atoms with Crippen molar-refractivity contribution >= 4 is 0 Å². The summed E-state index contributed by atoms with van der Waals surface area (Å²) in [5.41, 5.74) is 2.01. The predicted octanol–water partition coefficient (Wildman–Crippen LogP) is 4.45. The van der Waals surface area contributed by atoms with E-state index >= 15 is 0 Å². The van der Waals surface area contributed by atoms with Crippen LogP contribution < -0.4 is 9.47 Å². The summed E-state index contributed by atoms with van der Waals surface area (Å²) >= 11 is 0. The van der Waals surface area contributed by atoms with Gasteiger partial charge in [-0.2, -0.15) is 10.5 Å². The fourth-order valence-corrected chi connectivity index (χ4v) is 2.35. The van der Waals surface area contributed by atoms with Gasteiger partial charge in [-0.25, -0.2) is 0 Å². The summed E-state index contributed by atoms with van der Waals surface area (Å²) in [4.78, 5) is 0. The van der Waals surface area contributed by atoms with Gasteiger partial charge in [0.1, 0.15) is 11.5 Å². The monoisotopic (exact) mass is 334 g/mol. The van der Waals surface area contributed by atoms with Gasteiger partial charge < -0.3 is 9.47 Å². The summed E-state index contributed by atoms with van der Waals surface area (Å²) < 4.78 is 11.4. The Hall–Kier alpha value is -2.98. The van der Waals surface area contributed by atoms with Crippen LogP contribution in [-0.2, 0) is 12.8 Å². The lowest BCUT2D eigenvalue weighted by Crippen LogP contribution is -2.01. The largest absolute Gasteiger partial charge is 0.494 e. The smallest absolute Gasteiger partial charge is 0.119 e. The van der Waals surface area contributed by atoms with E-state index in [1.54, 1.807) is 0 Å². The first-order valence-corrected chi connectivity index (χ1v) is 8.49. The Morgan fingerprint density at radius 1 is 0.600 bits per heavy atom. The van der Waals surface area contributed by atoms with Crippen LogP contribution in [0.1, 0.15) is 30.4 Å². The first kappa shape index (κ1) is 18.4. The van der Waals surface area contributed by atoms with Crippen molar-refractivity contribution < 1.29 is 9.47 Å². The van der Waals surface area contributed by atoms with Crippen LogP contribution >= 0.6 is 0 Å². The molecule has 2 rings (SSSR count). The van der Waals surface area contributed by atoms with E-state index in [0.717, 1.165) is 41.9 Å². The molecule has 0 radical (unpaired) electrons. The van der Waals surface area contributed by atoms with Gasteiger partial charge in [0, 0.05) is 0 Å². The van der Waals surface area contributed by atoms with Crippen molar-refractivity contribution in [1.29, 1.82) is 10.5 Å². The first-order valence-electron chi connectivity index (χ1n) is 8.49.